The van der Waals surface area contributed by atoms with Gasteiger partial charge in [0.1, 0.15) is 0 Å². The second kappa shape index (κ2) is 2.98. The largest absolute Gasteiger partial charge is 0.364 e. The Morgan fingerprint density at radius 3 is 2.83 bits per heavy atom. The maximum Gasteiger partial charge on any atom is 0.177 e. The van der Waals surface area contributed by atoms with Crippen molar-refractivity contribution in [1.82, 2.24) is 14.5 Å². The van der Waals surface area contributed by atoms with Gasteiger partial charge in [-0.25, -0.2) is 0 Å². The minimum absolute atomic E-state index is 0.754. The molecular formula is C8H9N3S. The van der Waals surface area contributed by atoms with Crippen LogP contribution in [0.2, 0.25) is 0 Å². The zero-order valence-electron chi connectivity index (χ0n) is 6.45. The number of aromatic nitrogens is 3. The summed E-state index contributed by atoms with van der Waals surface area (Å²) in [4.78, 5) is 6.07. The summed E-state index contributed by atoms with van der Waals surface area (Å²) in [5.74, 6) is 0. The number of hydrogen-bond acceptors (Lipinski definition) is 1. The summed E-state index contributed by atoms with van der Waals surface area (Å²) >= 11 is 5.05. The van der Waals surface area contributed by atoms with E-state index >= 15 is 0 Å². The van der Waals surface area contributed by atoms with Crippen LogP contribution in [0, 0.1) is 4.77 Å². The molecule has 62 valence electrons. The molecule has 0 saturated carbocycles. The number of rotatable bonds is 2. The van der Waals surface area contributed by atoms with Crippen LogP contribution in [-0.2, 0) is 6.54 Å². The summed E-state index contributed by atoms with van der Waals surface area (Å²) in [5, 5.41) is 0. The first kappa shape index (κ1) is 7.36. The molecule has 12 heavy (non-hydrogen) atoms. The SMILES string of the molecule is S=c1[nH]ccn1Cc1ccc[nH]1. The number of imidazole rings is 1. The number of nitrogens with one attached hydrogen (secondary N) is 2. The van der Waals surface area contributed by atoms with E-state index in [0.717, 1.165) is 17.0 Å². The van der Waals surface area contributed by atoms with Crippen LogP contribution in [0.4, 0.5) is 0 Å². The van der Waals surface area contributed by atoms with Gasteiger partial charge in [0.15, 0.2) is 4.77 Å². The number of H-pyrrole nitrogens is 2. The summed E-state index contributed by atoms with van der Waals surface area (Å²) < 4.78 is 2.73. The molecule has 0 aromatic carbocycles. The molecule has 2 aromatic heterocycles. The standard InChI is InChI=1S/C8H9N3S/c12-8-10-4-5-11(8)6-7-2-1-3-9-7/h1-5,9H,6H2,(H,10,12). The number of hydrogen-bond donors (Lipinski definition) is 2. The van der Waals surface area contributed by atoms with Crippen molar-refractivity contribution in [2.24, 2.45) is 0 Å². The molecule has 0 aliphatic heterocycles. The third-order valence-electron chi connectivity index (χ3n) is 1.73. The lowest BCUT2D eigenvalue weighted by Crippen LogP contribution is -1.97. The average Bonchev–Trinajstić information content (AvgIpc) is 2.65. The van der Waals surface area contributed by atoms with Gasteiger partial charge in [-0.2, -0.15) is 0 Å². The van der Waals surface area contributed by atoms with Crippen LogP contribution >= 0.6 is 12.2 Å². The molecule has 2 heterocycles. The van der Waals surface area contributed by atoms with Crippen LogP contribution in [0.25, 0.3) is 0 Å². The highest BCUT2D eigenvalue weighted by atomic mass is 32.1. The van der Waals surface area contributed by atoms with Gasteiger partial charge in [-0.3, -0.25) is 0 Å². The van der Waals surface area contributed by atoms with Gasteiger partial charge in [-0.05, 0) is 24.4 Å². The Kier molecular flexibility index (Phi) is 1.83. The zero-order chi connectivity index (χ0) is 8.39. The molecule has 0 saturated heterocycles. The van der Waals surface area contributed by atoms with Crippen molar-refractivity contribution in [3.63, 3.8) is 0 Å². The lowest BCUT2D eigenvalue weighted by Gasteiger charge is -1.97. The molecule has 0 radical (unpaired) electrons. The van der Waals surface area contributed by atoms with E-state index in [1.807, 2.05) is 35.3 Å². The highest BCUT2D eigenvalue weighted by Crippen LogP contribution is 1.99. The number of aromatic amines is 2. The van der Waals surface area contributed by atoms with Crippen LogP contribution in [0.1, 0.15) is 5.69 Å². The van der Waals surface area contributed by atoms with Gasteiger partial charge < -0.3 is 14.5 Å². The van der Waals surface area contributed by atoms with E-state index in [1.54, 1.807) is 0 Å². The topological polar surface area (TPSA) is 36.5 Å². The van der Waals surface area contributed by atoms with Crippen molar-refractivity contribution in [3.05, 3.63) is 41.2 Å². The maximum absolute atomic E-state index is 5.05. The lowest BCUT2D eigenvalue weighted by atomic mass is 10.4. The molecule has 3 nitrogen and oxygen atoms in total. The molecule has 0 aliphatic carbocycles. The van der Waals surface area contributed by atoms with Gasteiger partial charge >= 0.3 is 0 Å². The monoisotopic (exact) mass is 179 g/mol. The van der Waals surface area contributed by atoms with Crippen LogP contribution < -0.4 is 0 Å². The van der Waals surface area contributed by atoms with Gasteiger partial charge in [0.05, 0.1) is 6.54 Å². The Labute approximate surface area is 75.1 Å². The molecule has 0 fully saturated rings. The molecule has 4 heteroatoms. The fourth-order valence-corrected chi connectivity index (χ4v) is 1.32. The predicted octanol–water partition coefficient (Wildman–Crippen LogP) is 1.92. The van der Waals surface area contributed by atoms with Crippen molar-refractivity contribution in [2.75, 3.05) is 0 Å². The Bertz CT molecular complexity index is 396. The average molecular weight is 179 g/mol. The molecular weight excluding hydrogens is 170 g/mol. The minimum atomic E-state index is 0.754. The van der Waals surface area contributed by atoms with Crippen LogP contribution in [0.3, 0.4) is 0 Å². The Morgan fingerprint density at radius 2 is 2.25 bits per heavy atom. The highest BCUT2D eigenvalue weighted by molar-refractivity contribution is 7.71. The first-order chi connectivity index (χ1) is 5.86. The van der Waals surface area contributed by atoms with Gasteiger partial charge in [-0.1, -0.05) is 0 Å². The second-order valence-electron chi connectivity index (χ2n) is 2.59. The second-order valence-corrected chi connectivity index (χ2v) is 2.98. The molecule has 0 atom stereocenters. The van der Waals surface area contributed by atoms with Crippen LogP contribution in [0.5, 0.6) is 0 Å². The zero-order valence-corrected chi connectivity index (χ0v) is 7.27. The third kappa shape index (κ3) is 1.33. The summed E-state index contributed by atoms with van der Waals surface area (Å²) in [6.45, 7) is 0.801. The summed E-state index contributed by atoms with van der Waals surface area (Å²) in [5.41, 5.74) is 1.16. The predicted molar refractivity (Wildman–Crippen MR) is 49.5 cm³/mol. The van der Waals surface area contributed by atoms with Crippen molar-refractivity contribution < 1.29 is 0 Å². The molecule has 2 rings (SSSR count). The van der Waals surface area contributed by atoms with Gasteiger partial charge in [-0.15, -0.1) is 0 Å². The molecule has 2 N–H and O–H groups in total. The molecule has 0 bridgehead atoms. The minimum Gasteiger partial charge on any atom is -0.364 e. The van der Waals surface area contributed by atoms with Crippen LogP contribution in [0.15, 0.2) is 30.7 Å². The molecule has 0 unspecified atom stereocenters. The van der Waals surface area contributed by atoms with E-state index in [-0.39, 0.29) is 0 Å². The molecule has 0 amide bonds. The van der Waals surface area contributed by atoms with Gasteiger partial charge in [0.2, 0.25) is 0 Å². The highest BCUT2D eigenvalue weighted by Gasteiger charge is 1.94. The van der Waals surface area contributed by atoms with Crippen molar-refractivity contribution >= 4 is 12.2 Å². The van der Waals surface area contributed by atoms with E-state index in [0.29, 0.717) is 0 Å². The van der Waals surface area contributed by atoms with E-state index in [2.05, 4.69) is 9.97 Å². The maximum atomic E-state index is 5.05. The van der Waals surface area contributed by atoms with Crippen LogP contribution in [-0.4, -0.2) is 14.5 Å². The van der Waals surface area contributed by atoms with E-state index < -0.39 is 0 Å². The Hall–Kier alpha value is -1.29. The first-order valence-electron chi connectivity index (χ1n) is 3.72. The van der Waals surface area contributed by atoms with E-state index in [1.165, 1.54) is 0 Å². The quantitative estimate of drug-likeness (QED) is 0.679. The smallest absolute Gasteiger partial charge is 0.177 e. The lowest BCUT2D eigenvalue weighted by molar-refractivity contribution is 0.766. The van der Waals surface area contributed by atoms with Crippen molar-refractivity contribution in [1.29, 1.82) is 0 Å². The summed E-state index contributed by atoms with van der Waals surface area (Å²) in [7, 11) is 0. The normalized spacial score (nSPS) is 10.3. The summed E-state index contributed by atoms with van der Waals surface area (Å²) in [6, 6.07) is 4.01. The Morgan fingerprint density at radius 1 is 1.33 bits per heavy atom. The van der Waals surface area contributed by atoms with E-state index in [4.69, 9.17) is 12.2 Å². The first-order valence-corrected chi connectivity index (χ1v) is 4.13. The number of nitrogens with zero attached hydrogens (tertiary/aromatic N) is 1. The Balaban J connectivity index is 2.25. The van der Waals surface area contributed by atoms with Crippen molar-refractivity contribution in [2.45, 2.75) is 6.54 Å². The molecule has 0 spiro atoms. The van der Waals surface area contributed by atoms with Crippen molar-refractivity contribution in [3.8, 4) is 0 Å². The van der Waals surface area contributed by atoms with E-state index in [9.17, 15) is 0 Å². The fourth-order valence-electron chi connectivity index (χ4n) is 1.12. The van der Waals surface area contributed by atoms with Gasteiger partial charge in [0.25, 0.3) is 0 Å². The third-order valence-corrected chi connectivity index (χ3v) is 2.08. The fraction of sp³-hybridized carbons (Fsp3) is 0.125. The summed E-state index contributed by atoms with van der Waals surface area (Å²) in [6.07, 6.45) is 5.68. The molecule has 2 aromatic rings. The van der Waals surface area contributed by atoms with Gasteiger partial charge in [0, 0.05) is 24.3 Å². The molecule has 0 aliphatic rings.